The van der Waals surface area contributed by atoms with E-state index in [4.69, 9.17) is 0 Å². The van der Waals surface area contributed by atoms with Gasteiger partial charge in [0.15, 0.2) is 5.96 Å². The molecule has 3 rings (SSSR count). The molecule has 0 fully saturated rings. The van der Waals surface area contributed by atoms with Gasteiger partial charge in [0.2, 0.25) is 0 Å². The predicted molar refractivity (Wildman–Crippen MR) is 125 cm³/mol. The topological polar surface area (TPSA) is 67.1 Å². The maximum atomic E-state index is 12.6. The van der Waals surface area contributed by atoms with Crippen molar-refractivity contribution >= 4 is 29.9 Å². The molecule has 31 heavy (non-hydrogen) atoms. The average molecular weight is 544 g/mol. The smallest absolute Gasteiger partial charge is 0.356 e. The van der Waals surface area contributed by atoms with E-state index in [9.17, 15) is 13.2 Å². The first-order chi connectivity index (χ1) is 14.4. The van der Waals surface area contributed by atoms with E-state index in [-0.39, 0.29) is 24.0 Å². The van der Waals surface area contributed by atoms with Gasteiger partial charge in [0.1, 0.15) is 11.6 Å². The molecule has 2 N–H and O–H groups in total. The van der Waals surface area contributed by atoms with E-state index in [0.29, 0.717) is 25.5 Å². The number of guanidine groups is 1. The molecule has 0 spiro atoms. The summed E-state index contributed by atoms with van der Waals surface area (Å²) >= 11 is 0. The highest BCUT2D eigenvalue weighted by Crippen LogP contribution is 2.29. The van der Waals surface area contributed by atoms with Gasteiger partial charge in [-0.05, 0) is 42.7 Å². The third-order valence-electron chi connectivity index (χ3n) is 4.55. The van der Waals surface area contributed by atoms with E-state index >= 15 is 0 Å². The third kappa shape index (κ3) is 6.94. The highest BCUT2D eigenvalue weighted by molar-refractivity contribution is 14.0. The minimum absolute atomic E-state index is 0. The third-order valence-corrected chi connectivity index (χ3v) is 4.55. The maximum Gasteiger partial charge on any atom is 0.416 e. The van der Waals surface area contributed by atoms with Gasteiger partial charge in [0.05, 0.1) is 5.56 Å². The van der Waals surface area contributed by atoms with Gasteiger partial charge in [-0.25, -0.2) is 9.97 Å². The highest BCUT2D eigenvalue weighted by atomic mass is 127. The lowest BCUT2D eigenvalue weighted by Gasteiger charge is -2.13. The number of halogens is 4. The van der Waals surface area contributed by atoms with Crippen LogP contribution in [0.2, 0.25) is 0 Å². The summed E-state index contributed by atoms with van der Waals surface area (Å²) in [4.78, 5) is 12.8. The normalized spacial score (nSPS) is 11.7. The number of alkyl halides is 3. The Hall–Kier alpha value is -2.63. The first-order valence-electron chi connectivity index (χ1n) is 9.43. The summed E-state index contributed by atoms with van der Waals surface area (Å²) in [6.07, 6.45) is 1.65. The average Bonchev–Trinajstić information content (AvgIpc) is 3.16. The van der Waals surface area contributed by atoms with Gasteiger partial charge in [-0.3, -0.25) is 9.56 Å². The number of aryl methyl sites for hydroxylation is 1. The van der Waals surface area contributed by atoms with Crippen LogP contribution in [0.4, 0.5) is 13.2 Å². The second-order valence-corrected chi connectivity index (χ2v) is 6.67. The minimum Gasteiger partial charge on any atom is -0.356 e. The van der Waals surface area contributed by atoms with Crippen molar-refractivity contribution in [3.63, 3.8) is 0 Å². The van der Waals surface area contributed by atoms with Gasteiger partial charge >= 0.3 is 6.18 Å². The van der Waals surface area contributed by atoms with Crippen LogP contribution in [0.25, 0.3) is 5.82 Å². The number of hydrogen-bond donors (Lipinski definition) is 2. The van der Waals surface area contributed by atoms with Crippen molar-refractivity contribution in [2.24, 2.45) is 4.99 Å². The van der Waals surface area contributed by atoms with Crippen LogP contribution in [0.5, 0.6) is 0 Å². The maximum absolute atomic E-state index is 12.6. The van der Waals surface area contributed by atoms with Crippen molar-refractivity contribution in [1.29, 1.82) is 0 Å². The Bertz CT molecular complexity index is 982. The molecule has 0 bridgehead atoms. The molecule has 0 radical (unpaired) electrons. The zero-order valence-corrected chi connectivity index (χ0v) is 19.5. The fraction of sp³-hybridized carbons (Fsp3) is 0.286. The standard InChI is InChI=1S/C21H23F3N6.HI/c1-15-26-11-12-30(15)19-8-5-17(13-28-19)14-29-20(25-2)27-10-9-16-3-6-18(7-4-16)21(22,23)24;/h3-8,11-13H,9-10,14H2,1-2H3,(H2,25,27,29);1H. The summed E-state index contributed by atoms with van der Waals surface area (Å²) in [5.74, 6) is 2.27. The molecule has 166 valence electrons. The number of benzene rings is 1. The molecule has 0 saturated carbocycles. The summed E-state index contributed by atoms with van der Waals surface area (Å²) in [6.45, 7) is 3.00. The van der Waals surface area contributed by atoms with Crippen molar-refractivity contribution in [2.75, 3.05) is 13.6 Å². The Morgan fingerprint density at radius 1 is 1.03 bits per heavy atom. The van der Waals surface area contributed by atoms with Gasteiger partial charge in [-0.2, -0.15) is 13.2 Å². The SMILES string of the molecule is CN=C(NCCc1ccc(C(F)(F)F)cc1)NCc1ccc(-n2ccnc2C)nc1.I. The van der Waals surface area contributed by atoms with Crippen LogP contribution >= 0.6 is 24.0 Å². The van der Waals surface area contributed by atoms with E-state index in [1.165, 1.54) is 12.1 Å². The number of hydrogen-bond acceptors (Lipinski definition) is 3. The lowest BCUT2D eigenvalue weighted by atomic mass is 10.1. The number of nitrogens with one attached hydrogen (secondary N) is 2. The van der Waals surface area contributed by atoms with Crippen molar-refractivity contribution in [2.45, 2.75) is 26.1 Å². The Labute approximate surface area is 196 Å². The summed E-state index contributed by atoms with van der Waals surface area (Å²) in [7, 11) is 1.66. The fourth-order valence-corrected chi connectivity index (χ4v) is 2.88. The Balaban J connectivity index is 0.00000341. The van der Waals surface area contributed by atoms with Crippen LogP contribution in [-0.4, -0.2) is 34.1 Å². The Morgan fingerprint density at radius 2 is 1.74 bits per heavy atom. The van der Waals surface area contributed by atoms with E-state index < -0.39 is 11.7 Å². The molecule has 3 aromatic rings. The number of imidazole rings is 1. The fourth-order valence-electron chi connectivity index (χ4n) is 2.88. The molecule has 0 aliphatic carbocycles. The Morgan fingerprint density at radius 3 is 2.29 bits per heavy atom. The van der Waals surface area contributed by atoms with Crippen molar-refractivity contribution < 1.29 is 13.2 Å². The number of nitrogens with zero attached hydrogens (tertiary/aromatic N) is 4. The Kier molecular flexibility index (Phi) is 8.84. The van der Waals surface area contributed by atoms with Crippen LogP contribution in [0.15, 0.2) is 60.0 Å². The van der Waals surface area contributed by atoms with Crippen LogP contribution in [-0.2, 0) is 19.1 Å². The summed E-state index contributed by atoms with van der Waals surface area (Å²) < 4.78 is 39.7. The summed E-state index contributed by atoms with van der Waals surface area (Å²) in [5, 5.41) is 6.36. The second-order valence-electron chi connectivity index (χ2n) is 6.67. The lowest BCUT2D eigenvalue weighted by molar-refractivity contribution is -0.137. The van der Waals surface area contributed by atoms with Crippen LogP contribution < -0.4 is 10.6 Å². The molecule has 2 aromatic heterocycles. The molecule has 6 nitrogen and oxygen atoms in total. The molecule has 0 saturated heterocycles. The molecule has 1 aromatic carbocycles. The monoisotopic (exact) mass is 544 g/mol. The molecular weight excluding hydrogens is 520 g/mol. The summed E-state index contributed by atoms with van der Waals surface area (Å²) in [6, 6.07) is 9.09. The predicted octanol–water partition coefficient (Wildman–Crippen LogP) is 4.12. The number of rotatable bonds is 6. The molecule has 2 heterocycles. The van der Waals surface area contributed by atoms with E-state index in [1.807, 2.05) is 29.8 Å². The minimum atomic E-state index is -4.31. The molecular formula is C21H24F3IN6. The number of aliphatic imine (C=N–C) groups is 1. The number of pyridine rings is 1. The van der Waals surface area contributed by atoms with E-state index in [2.05, 4.69) is 25.6 Å². The second kappa shape index (κ2) is 11.1. The van der Waals surface area contributed by atoms with Crippen LogP contribution in [0.1, 0.15) is 22.5 Å². The lowest BCUT2D eigenvalue weighted by Crippen LogP contribution is -2.37. The van der Waals surface area contributed by atoms with Gasteiger partial charge in [0, 0.05) is 38.7 Å². The molecule has 0 unspecified atom stereocenters. The van der Waals surface area contributed by atoms with Gasteiger partial charge < -0.3 is 10.6 Å². The molecule has 0 aliphatic heterocycles. The molecule has 10 heteroatoms. The zero-order chi connectivity index (χ0) is 21.6. The van der Waals surface area contributed by atoms with Crippen LogP contribution in [0.3, 0.4) is 0 Å². The van der Waals surface area contributed by atoms with Gasteiger partial charge in [-0.15, -0.1) is 24.0 Å². The van der Waals surface area contributed by atoms with Crippen molar-refractivity contribution in [1.82, 2.24) is 25.2 Å². The number of aromatic nitrogens is 3. The molecule has 0 atom stereocenters. The van der Waals surface area contributed by atoms with E-state index in [1.54, 1.807) is 19.4 Å². The van der Waals surface area contributed by atoms with Crippen molar-refractivity contribution in [3.05, 3.63) is 77.5 Å². The van der Waals surface area contributed by atoms with Gasteiger partial charge in [0.25, 0.3) is 0 Å². The molecule has 0 aliphatic rings. The van der Waals surface area contributed by atoms with Crippen LogP contribution in [0, 0.1) is 6.92 Å². The highest BCUT2D eigenvalue weighted by Gasteiger charge is 2.29. The largest absolute Gasteiger partial charge is 0.416 e. The van der Waals surface area contributed by atoms with Gasteiger partial charge in [-0.1, -0.05) is 18.2 Å². The quantitative estimate of drug-likeness (QED) is 0.279. The zero-order valence-electron chi connectivity index (χ0n) is 17.1. The molecule has 0 amide bonds. The van der Waals surface area contributed by atoms with Crippen molar-refractivity contribution in [3.8, 4) is 5.82 Å². The summed E-state index contributed by atoms with van der Waals surface area (Å²) in [5.41, 5.74) is 1.17. The first-order valence-corrected chi connectivity index (χ1v) is 9.43. The first kappa shape index (κ1) is 24.6. The van der Waals surface area contributed by atoms with E-state index in [0.717, 1.165) is 34.9 Å².